The zero-order valence-corrected chi connectivity index (χ0v) is 13.4. The second-order valence-corrected chi connectivity index (χ2v) is 6.37. The normalized spacial score (nSPS) is 10.9. The number of thiophene rings is 1. The van der Waals surface area contributed by atoms with E-state index in [1.807, 2.05) is 31.2 Å². The minimum Gasteiger partial charge on any atom is -0.392 e. The number of halogens is 1. The van der Waals surface area contributed by atoms with Crippen LogP contribution in [-0.2, 0) is 13.2 Å². The van der Waals surface area contributed by atoms with Crippen LogP contribution in [0, 0.1) is 12.7 Å². The molecule has 23 heavy (non-hydrogen) atoms. The smallest absolute Gasteiger partial charge is 0.261 e. The molecule has 0 saturated carbocycles. The minimum atomic E-state index is -0.442. The van der Waals surface area contributed by atoms with Crippen molar-refractivity contribution < 1.29 is 14.3 Å². The molecular formula is C18H16FNO2S. The Kier molecular flexibility index (Phi) is 4.41. The van der Waals surface area contributed by atoms with Crippen molar-refractivity contribution >= 4 is 27.3 Å². The van der Waals surface area contributed by atoms with Crippen LogP contribution in [0.25, 0.3) is 10.1 Å². The standard InChI is InChI=1S/C18H16FNO2S/c1-11-14-4-2-3-5-16(14)23-17(11)18(22)20-9-12-6-7-15(19)13(8-12)10-21/h2-8,21H,9-10H2,1H3,(H,20,22). The number of amides is 1. The van der Waals surface area contributed by atoms with Gasteiger partial charge in [0, 0.05) is 16.8 Å². The number of aliphatic hydroxyl groups excluding tert-OH is 1. The van der Waals surface area contributed by atoms with E-state index >= 15 is 0 Å². The molecule has 0 bridgehead atoms. The van der Waals surface area contributed by atoms with Crippen LogP contribution in [0.15, 0.2) is 42.5 Å². The second-order valence-electron chi connectivity index (χ2n) is 5.32. The molecule has 0 saturated heterocycles. The Balaban J connectivity index is 1.77. The van der Waals surface area contributed by atoms with Crippen LogP contribution in [0.5, 0.6) is 0 Å². The van der Waals surface area contributed by atoms with Crippen molar-refractivity contribution in [1.29, 1.82) is 0 Å². The van der Waals surface area contributed by atoms with Gasteiger partial charge in [-0.2, -0.15) is 0 Å². The van der Waals surface area contributed by atoms with Crippen LogP contribution < -0.4 is 5.32 Å². The lowest BCUT2D eigenvalue weighted by Gasteiger charge is -2.07. The van der Waals surface area contributed by atoms with E-state index < -0.39 is 5.82 Å². The van der Waals surface area contributed by atoms with Gasteiger partial charge in [-0.15, -0.1) is 11.3 Å². The van der Waals surface area contributed by atoms with Crippen LogP contribution in [0.1, 0.15) is 26.4 Å². The molecule has 0 aliphatic heterocycles. The number of hydrogen-bond acceptors (Lipinski definition) is 3. The van der Waals surface area contributed by atoms with Gasteiger partial charge in [0.2, 0.25) is 0 Å². The van der Waals surface area contributed by atoms with Gasteiger partial charge in [0.1, 0.15) is 5.82 Å². The average Bonchev–Trinajstić information content (AvgIpc) is 2.91. The third-order valence-electron chi connectivity index (χ3n) is 3.78. The van der Waals surface area contributed by atoms with Gasteiger partial charge in [-0.05, 0) is 41.6 Å². The maximum Gasteiger partial charge on any atom is 0.261 e. The molecule has 2 N–H and O–H groups in total. The number of carbonyl (C=O) groups excluding carboxylic acids is 1. The minimum absolute atomic E-state index is 0.140. The summed E-state index contributed by atoms with van der Waals surface area (Å²) in [5.74, 6) is -0.582. The topological polar surface area (TPSA) is 49.3 Å². The van der Waals surface area contributed by atoms with Gasteiger partial charge < -0.3 is 10.4 Å². The zero-order valence-electron chi connectivity index (χ0n) is 12.6. The predicted octanol–water partition coefficient (Wildman–Crippen LogP) is 3.77. The Bertz CT molecular complexity index is 873. The van der Waals surface area contributed by atoms with Crippen molar-refractivity contribution in [3.8, 4) is 0 Å². The van der Waals surface area contributed by atoms with Crippen LogP contribution >= 0.6 is 11.3 Å². The number of rotatable bonds is 4. The third-order valence-corrected chi connectivity index (χ3v) is 5.06. The largest absolute Gasteiger partial charge is 0.392 e. The average molecular weight is 329 g/mol. The van der Waals surface area contributed by atoms with Gasteiger partial charge >= 0.3 is 0 Å². The quantitative estimate of drug-likeness (QED) is 0.765. The molecule has 0 fully saturated rings. The summed E-state index contributed by atoms with van der Waals surface area (Å²) in [4.78, 5) is 13.1. The molecule has 3 aromatic rings. The Morgan fingerprint density at radius 1 is 1.26 bits per heavy atom. The molecule has 5 heteroatoms. The maximum atomic E-state index is 13.4. The summed E-state index contributed by atoms with van der Waals surface area (Å²) in [6.45, 7) is 1.87. The lowest BCUT2D eigenvalue weighted by atomic mass is 10.1. The summed E-state index contributed by atoms with van der Waals surface area (Å²) >= 11 is 1.47. The van der Waals surface area contributed by atoms with E-state index in [1.165, 1.54) is 17.4 Å². The molecule has 1 aromatic heterocycles. The van der Waals surface area contributed by atoms with Crippen molar-refractivity contribution in [2.45, 2.75) is 20.1 Å². The predicted molar refractivity (Wildman–Crippen MR) is 90.1 cm³/mol. The number of hydrogen-bond donors (Lipinski definition) is 2. The Labute approximate surface area is 137 Å². The summed E-state index contributed by atoms with van der Waals surface area (Å²) in [6.07, 6.45) is 0. The summed E-state index contributed by atoms with van der Waals surface area (Å²) in [7, 11) is 0. The van der Waals surface area contributed by atoms with Gasteiger partial charge in [-0.1, -0.05) is 24.3 Å². The lowest BCUT2D eigenvalue weighted by molar-refractivity contribution is 0.0954. The van der Waals surface area contributed by atoms with Crippen LogP contribution in [0.3, 0.4) is 0 Å². The summed E-state index contributed by atoms with van der Waals surface area (Å²) in [6, 6.07) is 12.4. The van der Waals surface area contributed by atoms with Gasteiger partial charge in [0.25, 0.3) is 5.91 Å². The number of aliphatic hydroxyl groups is 1. The molecule has 1 amide bonds. The van der Waals surface area contributed by atoms with Gasteiger partial charge in [-0.25, -0.2) is 4.39 Å². The molecule has 0 unspecified atom stereocenters. The number of nitrogens with one attached hydrogen (secondary N) is 1. The fourth-order valence-electron chi connectivity index (χ4n) is 2.51. The third kappa shape index (κ3) is 3.11. The summed E-state index contributed by atoms with van der Waals surface area (Å²) in [5, 5.41) is 13.0. The zero-order chi connectivity index (χ0) is 16.4. The van der Waals surface area contributed by atoms with E-state index in [0.29, 0.717) is 11.4 Å². The summed E-state index contributed by atoms with van der Waals surface area (Å²) in [5.41, 5.74) is 1.95. The Morgan fingerprint density at radius 3 is 2.78 bits per heavy atom. The first-order valence-corrected chi connectivity index (χ1v) is 8.06. The van der Waals surface area contributed by atoms with E-state index in [1.54, 1.807) is 12.1 Å². The molecule has 2 aromatic carbocycles. The highest BCUT2D eigenvalue weighted by molar-refractivity contribution is 7.21. The first kappa shape index (κ1) is 15.6. The lowest BCUT2D eigenvalue weighted by Crippen LogP contribution is -2.22. The molecule has 3 nitrogen and oxygen atoms in total. The molecule has 0 spiro atoms. The first-order valence-electron chi connectivity index (χ1n) is 7.24. The van der Waals surface area contributed by atoms with E-state index in [4.69, 9.17) is 5.11 Å². The fraction of sp³-hybridized carbons (Fsp3) is 0.167. The fourth-order valence-corrected chi connectivity index (χ4v) is 3.64. The summed E-state index contributed by atoms with van der Waals surface area (Å²) < 4.78 is 14.4. The van der Waals surface area contributed by atoms with Gasteiger partial charge in [-0.3, -0.25) is 4.79 Å². The molecule has 0 aliphatic rings. The highest BCUT2D eigenvalue weighted by Gasteiger charge is 2.15. The molecule has 1 heterocycles. The molecule has 118 valence electrons. The van der Waals surface area contributed by atoms with Gasteiger partial charge in [0.05, 0.1) is 11.5 Å². The van der Waals surface area contributed by atoms with E-state index in [-0.39, 0.29) is 18.1 Å². The Morgan fingerprint density at radius 2 is 2.04 bits per heavy atom. The highest BCUT2D eigenvalue weighted by Crippen LogP contribution is 2.30. The molecule has 0 atom stereocenters. The molecular weight excluding hydrogens is 313 g/mol. The van der Waals surface area contributed by atoms with Crippen molar-refractivity contribution in [2.75, 3.05) is 0 Å². The molecule has 0 aliphatic carbocycles. The highest BCUT2D eigenvalue weighted by atomic mass is 32.1. The van der Waals surface area contributed by atoms with Crippen LogP contribution in [0.4, 0.5) is 4.39 Å². The number of aryl methyl sites for hydroxylation is 1. The van der Waals surface area contributed by atoms with E-state index in [0.717, 1.165) is 21.2 Å². The van der Waals surface area contributed by atoms with Crippen LogP contribution in [-0.4, -0.2) is 11.0 Å². The molecule has 0 radical (unpaired) electrons. The SMILES string of the molecule is Cc1c(C(=O)NCc2ccc(F)c(CO)c2)sc2ccccc12. The maximum absolute atomic E-state index is 13.4. The monoisotopic (exact) mass is 329 g/mol. The van der Waals surface area contributed by atoms with Crippen molar-refractivity contribution in [1.82, 2.24) is 5.32 Å². The van der Waals surface area contributed by atoms with Crippen molar-refractivity contribution in [3.63, 3.8) is 0 Å². The second kappa shape index (κ2) is 6.48. The number of fused-ring (bicyclic) bond motifs is 1. The van der Waals surface area contributed by atoms with Crippen molar-refractivity contribution in [3.05, 3.63) is 69.8 Å². The molecule has 3 rings (SSSR count). The van der Waals surface area contributed by atoms with Crippen molar-refractivity contribution in [2.24, 2.45) is 0 Å². The Hall–Kier alpha value is -2.24. The van der Waals surface area contributed by atoms with Crippen LogP contribution in [0.2, 0.25) is 0 Å². The number of carbonyl (C=O) groups is 1. The van der Waals surface area contributed by atoms with E-state index in [9.17, 15) is 9.18 Å². The van der Waals surface area contributed by atoms with Gasteiger partial charge in [0.15, 0.2) is 0 Å². The van der Waals surface area contributed by atoms with E-state index in [2.05, 4.69) is 5.32 Å². The first-order chi connectivity index (χ1) is 11.1. The number of benzene rings is 2.